The van der Waals surface area contributed by atoms with Crippen molar-refractivity contribution in [1.29, 1.82) is 0 Å². The molecule has 1 unspecified atom stereocenters. The topological polar surface area (TPSA) is 66.7 Å². The predicted octanol–water partition coefficient (Wildman–Crippen LogP) is 2.10. The lowest BCUT2D eigenvalue weighted by Crippen LogP contribution is -2.49. The van der Waals surface area contributed by atoms with E-state index in [-0.39, 0.29) is 0 Å². The number of aryl methyl sites for hydroxylation is 2. The maximum absolute atomic E-state index is 5.53. The van der Waals surface area contributed by atoms with Crippen LogP contribution in [-0.2, 0) is 31.2 Å². The van der Waals surface area contributed by atoms with Crippen molar-refractivity contribution in [2.24, 2.45) is 18.0 Å². The molecule has 1 aromatic rings. The Hall–Kier alpha value is -1.60. The Kier molecular flexibility index (Phi) is 8.36. The van der Waals surface area contributed by atoms with E-state index >= 15 is 0 Å². The van der Waals surface area contributed by atoms with Gasteiger partial charge in [-0.1, -0.05) is 13.8 Å². The van der Waals surface area contributed by atoms with Gasteiger partial charge in [-0.2, -0.15) is 5.10 Å². The quantitative estimate of drug-likeness (QED) is 0.513. The largest absolute Gasteiger partial charge is 0.381 e. The lowest BCUT2D eigenvalue weighted by atomic mass is 10.0. The van der Waals surface area contributed by atoms with Gasteiger partial charge < -0.3 is 20.3 Å². The summed E-state index contributed by atoms with van der Waals surface area (Å²) in [5.41, 5.74) is 3.77. The van der Waals surface area contributed by atoms with Crippen LogP contribution in [0.5, 0.6) is 0 Å². The van der Waals surface area contributed by atoms with Gasteiger partial charge in [-0.3, -0.25) is 4.68 Å². The van der Waals surface area contributed by atoms with Crippen LogP contribution >= 0.6 is 0 Å². The average Bonchev–Trinajstić information content (AvgIpc) is 3.34. The van der Waals surface area contributed by atoms with E-state index in [9.17, 15) is 0 Å². The summed E-state index contributed by atoms with van der Waals surface area (Å²) < 4.78 is 7.55. The molecular weight excluding hydrogens is 364 g/mol. The first-order valence-electron chi connectivity index (χ1n) is 11.5. The van der Waals surface area contributed by atoms with Crippen LogP contribution in [0.3, 0.4) is 0 Å². The van der Waals surface area contributed by atoms with Crippen LogP contribution < -0.4 is 10.6 Å². The molecule has 2 aliphatic heterocycles. The smallest absolute Gasteiger partial charge is 0.191 e. The summed E-state index contributed by atoms with van der Waals surface area (Å²) in [7, 11) is 2.04. The van der Waals surface area contributed by atoms with Crippen LogP contribution in [0.1, 0.15) is 57.0 Å². The second-order valence-electron chi connectivity index (χ2n) is 8.35. The number of hydrogen-bond acceptors (Lipinski definition) is 4. The first kappa shape index (κ1) is 22.1. The van der Waals surface area contributed by atoms with E-state index < -0.39 is 0 Å². The molecule has 2 fully saturated rings. The van der Waals surface area contributed by atoms with Crippen LogP contribution in [0.2, 0.25) is 0 Å². The lowest BCUT2D eigenvalue weighted by Gasteiger charge is -2.34. The summed E-state index contributed by atoms with van der Waals surface area (Å²) >= 11 is 0. The zero-order valence-corrected chi connectivity index (χ0v) is 18.8. The van der Waals surface area contributed by atoms with Crippen molar-refractivity contribution < 1.29 is 4.74 Å². The third-order valence-electron chi connectivity index (χ3n) is 6.24. The van der Waals surface area contributed by atoms with Crippen molar-refractivity contribution in [2.45, 2.75) is 65.5 Å². The lowest BCUT2D eigenvalue weighted by molar-refractivity contribution is 0.150. The molecular formula is C22H40N6O. The van der Waals surface area contributed by atoms with Gasteiger partial charge in [0.1, 0.15) is 0 Å². The number of hydrogen-bond donors (Lipinski definition) is 2. The number of aromatic nitrogens is 2. The van der Waals surface area contributed by atoms with E-state index in [2.05, 4.69) is 41.4 Å². The standard InChI is InChI=1S/C22H40N6O/c1-5-20-19(21(6-2)27(4)26-20)14-24-22(23-7-3)25-18-8-11-28(12-9-18)15-17-10-13-29-16-17/h17-18H,5-16H2,1-4H3,(H2,23,24,25). The van der Waals surface area contributed by atoms with E-state index in [1.165, 1.54) is 42.8 Å². The summed E-state index contributed by atoms with van der Waals surface area (Å²) in [5.74, 6) is 1.67. The third-order valence-corrected chi connectivity index (χ3v) is 6.24. The van der Waals surface area contributed by atoms with Crippen LogP contribution in [0.25, 0.3) is 0 Å². The molecule has 1 aromatic heterocycles. The minimum Gasteiger partial charge on any atom is -0.381 e. The highest BCUT2D eigenvalue weighted by atomic mass is 16.5. The van der Waals surface area contributed by atoms with Crippen LogP contribution in [0, 0.1) is 5.92 Å². The molecule has 164 valence electrons. The van der Waals surface area contributed by atoms with Gasteiger partial charge in [0.25, 0.3) is 0 Å². The van der Waals surface area contributed by atoms with Gasteiger partial charge in [-0.05, 0) is 44.9 Å². The summed E-state index contributed by atoms with van der Waals surface area (Å²) in [4.78, 5) is 7.53. The highest BCUT2D eigenvalue weighted by molar-refractivity contribution is 5.80. The van der Waals surface area contributed by atoms with Gasteiger partial charge in [0, 0.05) is 57.1 Å². The average molecular weight is 405 g/mol. The summed E-state index contributed by atoms with van der Waals surface area (Å²) in [6.45, 7) is 13.5. The molecule has 0 amide bonds. The van der Waals surface area contributed by atoms with Gasteiger partial charge in [0.05, 0.1) is 18.8 Å². The molecule has 1 atom stereocenters. The molecule has 0 aromatic carbocycles. The monoisotopic (exact) mass is 404 g/mol. The van der Waals surface area contributed by atoms with Crippen molar-refractivity contribution in [2.75, 3.05) is 39.4 Å². The summed E-state index contributed by atoms with van der Waals surface area (Å²) in [5, 5.41) is 11.8. The molecule has 0 saturated carbocycles. The molecule has 2 N–H and O–H groups in total. The molecule has 7 nitrogen and oxygen atoms in total. The number of nitrogens with zero attached hydrogens (tertiary/aromatic N) is 4. The molecule has 0 aliphatic carbocycles. The van der Waals surface area contributed by atoms with E-state index in [4.69, 9.17) is 9.73 Å². The molecule has 7 heteroatoms. The van der Waals surface area contributed by atoms with Gasteiger partial charge in [0.2, 0.25) is 0 Å². The number of guanidine groups is 1. The fourth-order valence-corrected chi connectivity index (χ4v) is 4.60. The summed E-state index contributed by atoms with van der Waals surface area (Å²) in [6, 6.07) is 0.495. The molecule has 2 saturated heterocycles. The number of likely N-dealkylation sites (tertiary alicyclic amines) is 1. The Labute approximate surface area is 176 Å². The van der Waals surface area contributed by atoms with Crippen molar-refractivity contribution in [3.8, 4) is 0 Å². The summed E-state index contributed by atoms with van der Waals surface area (Å²) in [6.07, 6.45) is 5.51. The number of rotatable bonds is 8. The zero-order chi connectivity index (χ0) is 20.6. The molecule has 29 heavy (non-hydrogen) atoms. The van der Waals surface area contributed by atoms with Crippen LogP contribution in [-0.4, -0.2) is 66.1 Å². The van der Waals surface area contributed by atoms with Gasteiger partial charge in [0.15, 0.2) is 5.96 Å². The van der Waals surface area contributed by atoms with E-state index in [0.717, 1.165) is 57.6 Å². The predicted molar refractivity (Wildman–Crippen MR) is 118 cm³/mol. The number of aliphatic imine (C=N–C) groups is 1. The highest BCUT2D eigenvalue weighted by Gasteiger charge is 2.24. The van der Waals surface area contributed by atoms with Crippen molar-refractivity contribution in [3.63, 3.8) is 0 Å². The van der Waals surface area contributed by atoms with Gasteiger partial charge in [-0.15, -0.1) is 0 Å². The second-order valence-corrected chi connectivity index (χ2v) is 8.35. The normalized spacial score (nSPS) is 21.7. The molecule has 0 spiro atoms. The van der Waals surface area contributed by atoms with Crippen LogP contribution in [0.4, 0.5) is 0 Å². The fraction of sp³-hybridized carbons (Fsp3) is 0.818. The van der Waals surface area contributed by atoms with Crippen molar-refractivity contribution in [1.82, 2.24) is 25.3 Å². The molecule has 2 aliphatic rings. The number of ether oxygens (including phenoxy) is 1. The molecule has 3 heterocycles. The Morgan fingerprint density at radius 3 is 2.59 bits per heavy atom. The van der Waals surface area contributed by atoms with Crippen molar-refractivity contribution >= 4 is 5.96 Å². The number of piperidine rings is 1. The third kappa shape index (κ3) is 5.95. The zero-order valence-electron chi connectivity index (χ0n) is 18.8. The minimum atomic E-state index is 0.495. The Morgan fingerprint density at radius 2 is 1.97 bits per heavy atom. The maximum Gasteiger partial charge on any atom is 0.191 e. The van der Waals surface area contributed by atoms with E-state index in [1.54, 1.807) is 0 Å². The Morgan fingerprint density at radius 1 is 1.17 bits per heavy atom. The molecule has 0 radical (unpaired) electrons. The Bertz CT molecular complexity index is 657. The molecule has 3 rings (SSSR count). The number of nitrogens with one attached hydrogen (secondary N) is 2. The van der Waals surface area contributed by atoms with Crippen LogP contribution in [0.15, 0.2) is 4.99 Å². The first-order chi connectivity index (χ1) is 14.1. The first-order valence-corrected chi connectivity index (χ1v) is 11.5. The Balaban J connectivity index is 1.55. The van der Waals surface area contributed by atoms with Gasteiger partial charge >= 0.3 is 0 Å². The second kappa shape index (κ2) is 11.0. The minimum absolute atomic E-state index is 0.495. The maximum atomic E-state index is 5.53. The van der Waals surface area contributed by atoms with E-state index in [0.29, 0.717) is 12.6 Å². The SMILES string of the molecule is CCNC(=NCc1c(CC)nn(C)c1CC)NC1CCN(CC2CCOC2)CC1. The molecule has 0 bridgehead atoms. The highest BCUT2D eigenvalue weighted by Crippen LogP contribution is 2.18. The fourth-order valence-electron chi connectivity index (χ4n) is 4.60. The van der Waals surface area contributed by atoms with E-state index in [1.807, 2.05) is 11.7 Å². The van der Waals surface area contributed by atoms with Crippen molar-refractivity contribution in [3.05, 3.63) is 17.0 Å². The van der Waals surface area contributed by atoms with Gasteiger partial charge in [-0.25, -0.2) is 4.99 Å².